The van der Waals surface area contributed by atoms with Crippen molar-refractivity contribution >= 4 is 22.4 Å². The van der Waals surface area contributed by atoms with Crippen LogP contribution in [-0.2, 0) is 13.0 Å². The predicted molar refractivity (Wildman–Crippen MR) is 79.5 cm³/mol. The van der Waals surface area contributed by atoms with Gasteiger partial charge in [-0.3, -0.25) is 4.98 Å². The van der Waals surface area contributed by atoms with Crippen LogP contribution in [0.1, 0.15) is 33.7 Å². The molecule has 1 N–H and O–H groups in total. The molecule has 0 aliphatic rings. The average molecular weight is 291 g/mol. The van der Waals surface area contributed by atoms with E-state index in [0.29, 0.717) is 28.7 Å². The van der Waals surface area contributed by atoms with E-state index in [1.165, 1.54) is 11.3 Å². The van der Waals surface area contributed by atoms with E-state index in [-0.39, 0.29) is 0 Å². The lowest BCUT2D eigenvalue weighted by Crippen LogP contribution is -2.17. The van der Waals surface area contributed by atoms with Crippen LogP contribution < -0.4 is 4.90 Å². The second-order valence-corrected chi connectivity index (χ2v) is 5.53. The summed E-state index contributed by atoms with van der Waals surface area (Å²) < 4.78 is 0. The minimum atomic E-state index is -0.910. The second-order valence-electron chi connectivity index (χ2n) is 4.56. The summed E-state index contributed by atoms with van der Waals surface area (Å²) in [6.45, 7) is 4.47. The predicted octanol–water partition coefficient (Wildman–Crippen LogP) is 2.74. The van der Waals surface area contributed by atoms with E-state index in [1.807, 2.05) is 44.0 Å². The van der Waals surface area contributed by atoms with Crippen molar-refractivity contribution in [3.05, 3.63) is 40.2 Å². The van der Waals surface area contributed by atoms with Gasteiger partial charge in [0.25, 0.3) is 0 Å². The molecule has 106 valence electrons. The summed E-state index contributed by atoms with van der Waals surface area (Å²) in [5, 5.41) is 9.87. The summed E-state index contributed by atoms with van der Waals surface area (Å²) in [4.78, 5) is 22.3. The van der Waals surface area contributed by atoms with Gasteiger partial charge in [0.1, 0.15) is 4.88 Å². The Labute approximate surface area is 121 Å². The van der Waals surface area contributed by atoms with Crippen LogP contribution in [0.5, 0.6) is 0 Å². The molecule has 6 heteroatoms. The highest BCUT2D eigenvalue weighted by Crippen LogP contribution is 2.27. The number of thiazole rings is 1. The maximum Gasteiger partial charge on any atom is 0.347 e. The molecule has 0 aliphatic heterocycles. The van der Waals surface area contributed by atoms with Crippen molar-refractivity contribution in [2.45, 2.75) is 26.8 Å². The average Bonchev–Trinajstić information content (AvgIpc) is 2.83. The van der Waals surface area contributed by atoms with E-state index in [4.69, 9.17) is 5.11 Å². The fraction of sp³-hybridized carbons (Fsp3) is 0.357. The topological polar surface area (TPSA) is 66.3 Å². The summed E-state index contributed by atoms with van der Waals surface area (Å²) in [7, 11) is 1.90. The van der Waals surface area contributed by atoms with Gasteiger partial charge in [-0.2, -0.15) is 0 Å². The van der Waals surface area contributed by atoms with Crippen LogP contribution in [0.15, 0.2) is 18.2 Å². The van der Waals surface area contributed by atoms with Crippen molar-refractivity contribution in [2.24, 2.45) is 0 Å². The SMILES string of the molecule is CCc1nc(N(C)Cc2cccc(C)n2)sc1C(=O)O. The van der Waals surface area contributed by atoms with Gasteiger partial charge in [-0.15, -0.1) is 0 Å². The van der Waals surface area contributed by atoms with Crippen molar-refractivity contribution in [3.63, 3.8) is 0 Å². The van der Waals surface area contributed by atoms with E-state index in [2.05, 4.69) is 9.97 Å². The highest BCUT2D eigenvalue weighted by Gasteiger charge is 2.18. The van der Waals surface area contributed by atoms with Gasteiger partial charge in [-0.1, -0.05) is 24.3 Å². The number of carboxylic acid groups (broad SMARTS) is 1. The second kappa shape index (κ2) is 6.00. The Bertz CT molecular complexity index is 625. The Morgan fingerprint density at radius 1 is 1.40 bits per heavy atom. The van der Waals surface area contributed by atoms with Gasteiger partial charge in [0.05, 0.1) is 17.9 Å². The van der Waals surface area contributed by atoms with Gasteiger partial charge in [0.15, 0.2) is 5.13 Å². The van der Waals surface area contributed by atoms with Crippen LogP contribution in [0.3, 0.4) is 0 Å². The number of aryl methyl sites for hydroxylation is 2. The van der Waals surface area contributed by atoms with Crippen LogP contribution in [0.4, 0.5) is 5.13 Å². The first-order valence-corrected chi connectivity index (χ1v) is 7.19. The molecule has 2 heterocycles. The van der Waals surface area contributed by atoms with E-state index in [9.17, 15) is 4.79 Å². The smallest absolute Gasteiger partial charge is 0.347 e. The number of aromatic nitrogens is 2. The number of nitrogens with zero attached hydrogens (tertiary/aromatic N) is 3. The maximum absolute atomic E-state index is 11.2. The first kappa shape index (κ1) is 14.5. The van der Waals surface area contributed by atoms with Gasteiger partial charge >= 0.3 is 5.97 Å². The highest BCUT2D eigenvalue weighted by atomic mass is 32.1. The number of hydrogen-bond acceptors (Lipinski definition) is 5. The minimum Gasteiger partial charge on any atom is -0.477 e. The summed E-state index contributed by atoms with van der Waals surface area (Å²) >= 11 is 1.21. The van der Waals surface area contributed by atoms with E-state index < -0.39 is 5.97 Å². The molecule has 20 heavy (non-hydrogen) atoms. The first-order chi connectivity index (χ1) is 9.51. The fourth-order valence-electron chi connectivity index (χ4n) is 1.91. The zero-order chi connectivity index (χ0) is 14.7. The largest absolute Gasteiger partial charge is 0.477 e. The third-order valence-electron chi connectivity index (χ3n) is 2.89. The molecule has 2 aromatic rings. The van der Waals surface area contributed by atoms with Crippen molar-refractivity contribution in [1.29, 1.82) is 0 Å². The van der Waals surface area contributed by atoms with Crippen molar-refractivity contribution < 1.29 is 9.90 Å². The van der Waals surface area contributed by atoms with E-state index in [1.54, 1.807) is 0 Å². The lowest BCUT2D eigenvalue weighted by Gasteiger charge is -2.15. The van der Waals surface area contributed by atoms with Gasteiger partial charge in [-0.05, 0) is 25.5 Å². The number of carbonyl (C=O) groups is 1. The molecule has 0 spiro atoms. The fourth-order valence-corrected chi connectivity index (χ4v) is 2.86. The van der Waals surface area contributed by atoms with Crippen LogP contribution in [0.25, 0.3) is 0 Å². The monoisotopic (exact) mass is 291 g/mol. The Balaban J connectivity index is 2.21. The molecule has 0 atom stereocenters. The Morgan fingerprint density at radius 3 is 2.70 bits per heavy atom. The van der Waals surface area contributed by atoms with Crippen LogP contribution in [0.2, 0.25) is 0 Å². The first-order valence-electron chi connectivity index (χ1n) is 6.38. The summed E-state index contributed by atoms with van der Waals surface area (Å²) in [6, 6.07) is 5.87. The molecule has 0 aliphatic carbocycles. The molecule has 0 saturated carbocycles. The molecule has 2 aromatic heterocycles. The van der Waals surface area contributed by atoms with Crippen molar-refractivity contribution in [1.82, 2.24) is 9.97 Å². The van der Waals surface area contributed by atoms with Crippen LogP contribution in [-0.4, -0.2) is 28.1 Å². The Morgan fingerprint density at radius 2 is 2.15 bits per heavy atom. The molecule has 0 unspecified atom stereocenters. The maximum atomic E-state index is 11.2. The van der Waals surface area contributed by atoms with Gasteiger partial charge in [0.2, 0.25) is 0 Å². The Hall–Kier alpha value is -1.95. The Kier molecular flexibility index (Phi) is 4.34. The molecular weight excluding hydrogens is 274 g/mol. The number of rotatable bonds is 5. The third-order valence-corrected chi connectivity index (χ3v) is 4.09. The van der Waals surface area contributed by atoms with Crippen LogP contribution in [0, 0.1) is 6.92 Å². The molecule has 5 nitrogen and oxygen atoms in total. The van der Waals surface area contributed by atoms with E-state index in [0.717, 1.165) is 11.4 Å². The molecule has 0 radical (unpaired) electrons. The third kappa shape index (κ3) is 3.14. The zero-order valence-electron chi connectivity index (χ0n) is 11.8. The minimum absolute atomic E-state index is 0.326. The molecule has 0 bridgehead atoms. The summed E-state index contributed by atoms with van der Waals surface area (Å²) in [5.41, 5.74) is 2.55. The van der Waals surface area contributed by atoms with Crippen LogP contribution >= 0.6 is 11.3 Å². The highest BCUT2D eigenvalue weighted by molar-refractivity contribution is 7.17. The normalized spacial score (nSPS) is 10.6. The number of hydrogen-bond donors (Lipinski definition) is 1. The zero-order valence-corrected chi connectivity index (χ0v) is 12.6. The molecule has 0 saturated heterocycles. The van der Waals surface area contributed by atoms with Crippen molar-refractivity contribution in [2.75, 3.05) is 11.9 Å². The molecule has 0 amide bonds. The number of carboxylic acids is 1. The standard InChI is InChI=1S/C14H17N3O2S/c1-4-11-12(13(18)19)20-14(16-11)17(3)8-10-7-5-6-9(2)15-10/h5-7H,4,8H2,1-3H3,(H,18,19). The quantitative estimate of drug-likeness (QED) is 0.917. The van der Waals surface area contributed by atoms with Gasteiger partial charge < -0.3 is 10.0 Å². The van der Waals surface area contributed by atoms with E-state index >= 15 is 0 Å². The number of anilines is 1. The molecule has 0 aromatic carbocycles. The number of pyridine rings is 1. The van der Waals surface area contributed by atoms with Gasteiger partial charge in [0, 0.05) is 12.7 Å². The summed E-state index contributed by atoms with van der Waals surface area (Å²) in [5.74, 6) is -0.910. The van der Waals surface area contributed by atoms with Crippen molar-refractivity contribution in [3.8, 4) is 0 Å². The molecule has 0 fully saturated rings. The van der Waals surface area contributed by atoms with Gasteiger partial charge in [-0.25, -0.2) is 9.78 Å². The lowest BCUT2D eigenvalue weighted by molar-refractivity contribution is 0.0701. The summed E-state index contributed by atoms with van der Waals surface area (Å²) in [6.07, 6.45) is 0.620. The molecular formula is C14H17N3O2S. The number of aromatic carboxylic acids is 1. The molecule has 2 rings (SSSR count). The lowest BCUT2D eigenvalue weighted by atomic mass is 10.3.